The Labute approximate surface area is 169 Å². The molecule has 5 heteroatoms. The van der Waals surface area contributed by atoms with Gasteiger partial charge in [0.2, 0.25) is 0 Å². The monoisotopic (exact) mass is 430 g/mol. The summed E-state index contributed by atoms with van der Waals surface area (Å²) in [6.07, 6.45) is 9.92. The largest absolute Gasteiger partial charge is 0.462 e. The summed E-state index contributed by atoms with van der Waals surface area (Å²) >= 11 is 3.53. The molecule has 1 aromatic heterocycles. The lowest BCUT2D eigenvalue weighted by Crippen LogP contribution is -2.18. The lowest BCUT2D eigenvalue weighted by atomic mass is 9.91. The minimum absolute atomic E-state index is 0.328. The molecule has 0 spiro atoms. The van der Waals surface area contributed by atoms with Crippen molar-refractivity contribution < 1.29 is 9.53 Å². The van der Waals surface area contributed by atoms with Gasteiger partial charge in [-0.3, -0.25) is 4.98 Å². The molecule has 1 unspecified atom stereocenters. The molecule has 1 aliphatic rings. The Kier molecular flexibility index (Phi) is 6.89. The second-order valence-corrected chi connectivity index (χ2v) is 8.11. The number of ether oxygens (including phenoxy) is 1. The summed E-state index contributed by atoms with van der Waals surface area (Å²) in [6.45, 7) is 5.25. The molecule has 1 atom stereocenters. The number of nitrogens with one attached hydrogen (secondary N) is 1. The number of aromatic nitrogens is 1. The number of nitrogens with zero attached hydrogens (tertiary/aromatic N) is 1. The zero-order chi connectivity index (χ0) is 19.2. The highest BCUT2D eigenvalue weighted by Gasteiger charge is 2.18. The first-order chi connectivity index (χ1) is 13.1. The van der Waals surface area contributed by atoms with Gasteiger partial charge in [0, 0.05) is 22.6 Å². The second-order valence-electron chi connectivity index (χ2n) is 7.20. The first-order valence-corrected chi connectivity index (χ1v) is 10.5. The molecular formula is C22H27BrN2O2. The Bertz CT molecular complexity index is 848. The van der Waals surface area contributed by atoms with Crippen LogP contribution in [-0.4, -0.2) is 24.1 Å². The van der Waals surface area contributed by atoms with Crippen LogP contribution in [0.15, 0.2) is 40.5 Å². The number of carbonyl (C=O) groups is 1. The molecule has 0 fully saturated rings. The summed E-state index contributed by atoms with van der Waals surface area (Å²) in [6, 6.07) is 5.94. The Morgan fingerprint density at radius 3 is 3.04 bits per heavy atom. The first kappa shape index (κ1) is 19.9. The van der Waals surface area contributed by atoms with Crippen molar-refractivity contribution in [1.29, 1.82) is 0 Å². The standard InChI is InChI=1S/C22H27BrN2O2/c1-3-27-22(26)19-14-24-20-11-10-17(23)12-18(20)21(19)25-13-16-8-4-6-15(2)7-5-9-16/h6,10-12,14,16H,3-5,7-9,13H2,1-2H3,(H,24,25). The van der Waals surface area contributed by atoms with Gasteiger partial charge in [0.1, 0.15) is 5.56 Å². The van der Waals surface area contributed by atoms with Gasteiger partial charge in [0.25, 0.3) is 0 Å². The van der Waals surface area contributed by atoms with E-state index in [1.807, 2.05) is 25.1 Å². The van der Waals surface area contributed by atoms with E-state index in [2.05, 4.69) is 39.2 Å². The average molecular weight is 431 g/mol. The van der Waals surface area contributed by atoms with Crippen LogP contribution in [-0.2, 0) is 4.74 Å². The topological polar surface area (TPSA) is 51.2 Å². The molecule has 1 aliphatic carbocycles. The minimum atomic E-state index is -0.328. The number of benzene rings is 1. The Morgan fingerprint density at radius 2 is 2.22 bits per heavy atom. The van der Waals surface area contributed by atoms with E-state index in [-0.39, 0.29) is 5.97 Å². The van der Waals surface area contributed by atoms with Crippen molar-refractivity contribution in [2.24, 2.45) is 5.92 Å². The lowest BCUT2D eigenvalue weighted by molar-refractivity contribution is 0.0527. The average Bonchev–Trinajstić information content (AvgIpc) is 2.63. The molecule has 0 saturated carbocycles. The van der Waals surface area contributed by atoms with Gasteiger partial charge in [-0.15, -0.1) is 0 Å². The van der Waals surface area contributed by atoms with Crippen LogP contribution in [0.3, 0.4) is 0 Å². The third-order valence-electron chi connectivity index (χ3n) is 5.14. The van der Waals surface area contributed by atoms with Crippen molar-refractivity contribution in [3.63, 3.8) is 0 Å². The van der Waals surface area contributed by atoms with Gasteiger partial charge in [0.15, 0.2) is 0 Å². The van der Waals surface area contributed by atoms with E-state index in [1.54, 1.807) is 6.20 Å². The number of allylic oxidation sites excluding steroid dienone is 2. The molecule has 0 saturated heterocycles. The molecule has 27 heavy (non-hydrogen) atoms. The molecule has 4 nitrogen and oxygen atoms in total. The number of hydrogen-bond acceptors (Lipinski definition) is 4. The van der Waals surface area contributed by atoms with Crippen molar-refractivity contribution in [3.8, 4) is 0 Å². The highest BCUT2D eigenvalue weighted by Crippen LogP contribution is 2.30. The summed E-state index contributed by atoms with van der Waals surface area (Å²) < 4.78 is 6.21. The third-order valence-corrected chi connectivity index (χ3v) is 5.64. The number of carbonyl (C=O) groups excluding carboxylic acids is 1. The molecule has 1 N–H and O–H groups in total. The molecular weight excluding hydrogens is 404 g/mol. The van der Waals surface area contributed by atoms with Crippen LogP contribution < -0.4 is 5.32 Å². The number of hydrogen-bond donors (Lipinski definition) is 1. The zero-order valence-electron chi connectivity index (χ0n) is 16.1. The highest BCUT2D eigenvalue weighted by molar-refractivity contribution is 9.10. The van der Waals surface area contributed by atoms with Crippen LogP contribution in [0.4, 0.5) is 5.69 Å². The van der Waals surface area contributed by atoms with E-state index < -0.39 is 0 Å². The van der Waals surface area contributed by atoms with E-state index in [9.17, 15) is 4.79 Å². The Balaban J connectivity index is 1.87. The molecule has 3 rings (SSSR count). The molecule has 1 aromatic carbocycles. The Morgan fingerprint density at radius 1 is 1.37 bits per heavy atom. The molecule has 0 radical (unpaired) electrons. The number of pyridine rings is 1. The smallest absolute Gasteiger partial charge is 0.341 e. The van der Waals surface area contributed by atoms with Crippen molar-refractivity contribution in [1.82, 2.24) is 4.98 Å². The molecule has 0 aliphatic heterocycles. The second kappa shape index (κ2) is 9.36. The third kappa shape index (κ3) is 5.10. The van der Waals surface area contributed by atoms with Crippen molar-refractivity contribution in [2.45, 2.75) is 46.0 Å². The number of halogens is 1. The summed E-state index contributed by atoms with van der Waals surface area (Å²) in [5.41, 5.74) is 3.71. The quantitative estimate of drug-likeness (QED) is 0.458. The highest BCUT2D eigenvalue weighted by atomic mass is 79.9. The fourth-order valence-electron chi connectivity index (χ4n) is 3.65. The summed E-state index contributed by atoms with van der Waals surface area (Å²) in [7, 11) is 0. The number of anilines is 1. The predicted molar refractivity (Wildman–Crippen MR) is 114 cm³/mol. The van der Waals surface area contributed by atoms with E-state index >= 15 is 0 Å². The maximum absolute atomic E-state index is 12.5. The van der Waals surface area contributed by atoms with E-state index in [0.717, 1.165) is 34.0 Å². The normalized spacial score (nSPS) is 17.7. The van der Waals surface area contributed by atoms with Gasteiger partial charge in [0.05, 0.1) is 17.8 Å². The summed E-state index contributed by atoms with van der Waals surface area (Å²) in [4.78, 5) is 16.9. The molecule has 1 heterocycles. The SMILES string of the molecule is CCOC(=O)c1cnc2ccc(Br)cc2c1NCC1CCC=C(C)CCC1. The van der Waals surface area contributed by atoms with Crippen LogP contribution >= 0.6 is 15.9 Å². The number of rotatable bonds is 5. The maximum Gasteiger partial charge on any atom is 0.341 e. The lowest BCUT2D eigenvalue weighted by Gasteiger charge is -2.21. The summed E-state index contributed by atoms with van der Waals surface area (Å²) in [5.74, 6) is 0.269. The van der Waals surface area contributed by atoms with Crippen LogP contribution in [0.2, 0.25) is 0 Å². The fourth-order valence-corrected chi connectivity index (χ4v) is 4.01. The van der Waals surface area contributed by atoms with Crippen LogP contribution in [0.5, 0.6) is 0 Å². The van der Waals surface area contributed by atoms with Gasteiger partial charge in [-0.25, -0.2) is 4.79 Å². The minimum Gasteiger partial charge on any atom is -0.462 e. The number of esters is 1. The molecule has 0 amide bonds. The van der Waals surface area contributed by atoms with Crippen molar-refractivity contribution in [2.75, 3.05) is 18.5 Å². The predicted octanol–water partition coefficient (Wildman–Crippen LogP) is 6.11. The van der Waals surface area contributed by atoms with Crippen LogP contribution in [0.1, 0.15) is 56.3 Å². The van der Waals surface area contributed by atoms with Gasteiger partial charge < -0.3 is 10.1 Å². The van der Waals surface area contributed by atoms with E-state index in [4.69, 9.17) is 4.74 Å². The zero-order valence-corrected chi connectivity index (χ0v) is 17.6. The van der Waals surface area contributed by atoms with E-state index in [1.165, 1.54) is 31.3 Å². The molecule has 2 aromatic rings. The van der Waals surface area contributed by atoms with Gasteiger partial charge in [-0.2, -0.15) is 0 Å². The fraction of sp³-hybridized carbons (Fsp3) is 0.455. The van der Waals surface area contributed by atoms with Gasteiger partial charge >= 0.3 is 5.97 Å². The first-order valence-electron chi connectivity index (χ1n) is 9.73. The summed E-state index contributed by atoms with van der Waals surface area (Å²) in [5, 5.41) is 4.51. The van der Waals surface area contributed by atoms with Crippen LogP contribution in [0, 0.1) is 5.92 Å². The van der Waals surface area contributed by atoms with Gasteiger partial charge in [-0.05, 0) is 70.1 Å². The van der Waals surface area contributed by atoms with E-state index in [0.29, 0.717) is 18.1 Å². The molecule has 144 valence electrons. The number of fused-ring (bicyclic) bond motifs is 1. The van der Waals surface area contributed by atoms with Crippen LogP contribution in [0.25, 0.3) is 10.9 Å². The van der Waals surface area contributed by atoms with Crippen molar-refractivity contribution in [3.05, 3.63) is 46.1 Å². The van der Waals surface area contributed by atoms with Crippen molar-refractivity contribution >= 4 is 38.5 Å². The Hall–Kier alpha value is -1.88. The molecule has 0 bridgehead atoms. The maximum atomic E-state index is 12.5. The van der Waals surface area contributed by atoms with Gasteiger partial charge in [-0.1, -0.05) is 27.6 Å².